The van der Waals surface area contributed by atoms with Crippen LogP contribution >= 0.6 is 0 Å². The highest BCUT2D eigenvalue weighted by Gasteiger charge is 2.19. The van der Waals surface area contributed by atoms with E-state index in [4.69, 9.17) is 0 Å². The fourth-order valence-electron chi connectivity index (χ4n) is 2.63. The number of aryl methyl sites for hydroxylation is 1. The molecule has 124 valence electrons. The Labute approximate surface area is 136 Å². The quantitative estimate of drug-likeness (QED) is 0.781. The van der Waals surface area contributed by atoms with Crippen LogP contribution in [0.5, 0.6) is 0 Å². The van der Waals surface area contributed by atoms with E-state index in [9.17, 15) is 9.90 Å². The molecule has 6 heteroatoms. The molecule has 1 atom stereocenters. The lowest BCUT2D eigenvalue weighted by Crippen LogP contribution is -2.29. The predicted molar refractivity (Wildman–Crippen MR) is 88.7 cm³/mol. The van der Waals surface area contributed by atoms with Crippen LogP contribution < -0.4 is 5.32 Å². The second-order valence-corrected chi connectivity index (χ2v) is 6.21. The van der Waals surface area contributed by atoms with Crippen molar-refractivity contribution in [3.8, 4) is 11.3 Å². The van der Waals surface area contributed by atoms with Crippen molar-refractivity contribution in [3.05, 3.63) is 36.3 Å². The number of hydrogen-bond donors (Lipinski definition) is 2. The molecule has 0 fully saturated rings. The van der Waals surface area contributed by atoms with E-state index in [1.165, 1.54) is 0 Å². The van der Waals surface area contributed by atoms with E-state index >= 15 is 0 Å². The SMILES string of the molecule is CC(C)CC(CNCc1cn(C)nc1-c1cccnc1)C(=O)O. The van der Waals surface area contributed by atoms with Crippen LogP contribution in [0, 0.1) is 11.8 Å². The number of rotatable bonds is 8. The maximum atomic E-state index is 11.3. The van der Waals surface area contributed by atoms with Gasteiger partial charge in [-0.3, -0.25) is 14.5 Å². The van der Waals surface area contributed by atoms with E-state index in [0.29, 0.717) is 25.4 Å². The molecule has 0 bridgehead atoms. The average molecular weight is 316 g/mol. The molecule has 0 radical (unpaired) electrons. The predicted octanol–water partition coefficient (Wildman–Crippen LogP) is 2.32. The van der Waals surface area contributed by atoms with Crippen LogP contribution in [0.3, 0.4) is 0 Å². The second-order valence-electron chi connectivity index (χ2n) is 6.21. The molecule has 2 rings (SSSR count). The van der Waals surface area contributed by atoms with Crippen LogP contribution in [0.25, 0.3) is 11.3 Å². The molecule has 2 aromatic rings. The molecule has 0 saturated carbocycles. The van der Waals surface area contributed by atoms with E-state index in [1.54, 1.807) is 17.1 Å². The number of carbonyl (C=O) groups is 1. The lowest BCUT2D eigenvalue weighted by atomic mass is 9.97. The van der Waals surface area contributed by atoms with Crippen molar-refractivity contribution < 1.29 is 9.90 Å². The van der Waals surface area contributed by atoms with Crippen LogP contribution in [-0.4, -0.2) is 32.4 Å². The number of pyridine rings is 1. The summed E-state index contributed by atoms with van der Waals surface area (Å²) in [5, 5.41) is 17.0. The summed E-state index contributed by atoms with van der Waals surface area (Å²) in [6.07, 6.45) is 6.14. The minimum atomic E-state index is -0.745. The van der Waals surface area contributed by atoms with Crippen LogP contribution in [0.15, 0.2) is 30.7 Å². The van der Waals surface area contributed by atoms with E-state index in [2.05, 4.69) is 15.4 Å². The first-order valence-corrected chi connectivity index (χ1v) is 7.83. The summed E-state index contributed by atoms with van der Waals surface area (Å²) >= 11 is 0. The van der Waals surface area contributed by atoms with Gasteiger partial charge in [0.05, 0.1) is 11.6 Å². The smallest absolute Gasteiger partial charge is 0.307 e. The van der Waals surface area contributed by atoms with Gasteiger partial charge in [-0.05, 0) is 24.5 Å². The Bertz CT molecular complexity index is 637. The number of nitrogens with zero attached hydrogens (tertiary/aromatic N) is 3. The summed E-state index contributed by atoms with van der Waals surface area (Å²) in [4.78, 5) is 15.4. The Morgan fingerprint density at radius 1 is 1.43 bits per heavy atom. The Balaban J connectivity index is 2.02. The van der Waals surface area contributed by atoms with Crippen molar-refractivity contribution in [1.29, 1.82) is 0 Å². The van der Waals surface area contributed by atoms with E-state index in [1.807, 2.05) is 39.2 Å². The summed E-state index contributed by atoms with van der Waals surface area (Å²) in [5.74, 6) is -0.749. The Morgan fingerprint density at radius 3 is 2.83 bits per heavy atom. The third-order valence-electron chi connectivity index (χ3n) is 3.65. The third-order valence-corrected chi connectivity index (χ3v) is 3.65. The van der Waals surface area contributed by atoms with Crippen molar-refractivity contribution >= 4 is 5.97 Å². The molecular formula is C17H24N4O2. The zero-order valence-electron chi connectivity index (χ0n) is 13.9. The number of nitrogens with one attached hydrogen (secondary N) is 1. The van der Waals surface area contributed by atoms with Gasteiger partial charge in [-0.25, -0.2) is 0 Å². The van der Waals surface area contributed by atoms with E-state index in [0.717, 1.165) is 16.8 Å². The number of aromatic nitrogens is 3. The topological polar surface area (TPSA) is 80.0 Å². The normalized spacial score (nSPS) is 12.5. The molecule has 1 unspecified atom stereocenters. The van der Waals surface area contributed by atoms with Gasteiger partial charge in [0.25, 0.3) is 0 Å². The summed E-state index contributed by atoms with van der Waals surface area (Å²) in [6.45, 7) is 5.12. The Kier molecular flexibility index (Phi) is 5.87. The first-order chi connectivity index (χ1) is 11.0. The van der Waals surface area contributed by atoms with Crippen LogP contribution in [-0.2, 0) is 18.4 Å². The van der Waals surface area contributed by atoms with Gasteiger partial charge in [0.15, 0.2) is 0 Å². The maximum absolute atomic E-state index is 11.3. The largest absolute Gasteiger partial charge is 0.481 e. The van der Waals surface area contributed by atoms with Crippen LogP contribution in [0.4, 0.5) is 0 Å². The molecule has 0 spiro atoms. The van der Waals surface area contributed by atoms with Crippen molar-refractivity contribution in [2.24, 2.45) is 18.9 Å². The summed E-state index contributed by atoms with van der Waals surface area (Å²) in [6, 6.07) is 3.85. The highest BCUT2D eigenvalue weighted by atomic mass is 16.4. The van der Waals surface area contributed by atoms with Gasteiger partial charge in [-0.15, -0.1) is 0 Å². The molecule has 2 aromatic heterocycles. The minimum absolute atomic E-state index is 0.363. The van der Waals surface area contributed by atoms with E-state index < -0.39 is 5.97 Å². The molecule has 2 N–H and O–H groups in total. The molecule has 0 aliphatic carbocycles. The van der Waals surface area contributed by atoms with Gasteiger partial charge in [0.1, 0.15) is 0 Å². The zero-order valence-corrected chi connectivity index (χ0v) is 13.9. The Morgan fingerprint density at radius 2 is 2.22 bits per heavy atom. The first-order valence-electron chi connectivity index (χ1n) is 7.83. The van der Waals surface area contributed by atoms with Gasteiger partial charge in [-0.2, -0.15) is 5.10 Å². The molecule has 6 nitrogen and oxygen atoms in total. The molecule has 0 saturated heterocycles. The fourth-order valence-corrected chi connectivity index (χ4v) is 2.63. The summed E-state index contributed by atoms with van der Waals surface area (Å²) < 4.78 is 1.77. The second kappa shape index (κ2) is 7.87. The molecule has 0 aromatic carbocycles. The molecule has 23 heavy (non-hydrogen) atoms. The number of aliphatic carboxylic acids is 1. The van der Waals surface area contributed by atoms with Crippen LogP contribution in [0.2, 0.25) is 0 Å². The molecule has 0 aliphatic heterocycles. The monoisotopic (exact) mass is 316 g/mol. The first kappa shape index (κ1) is 17.1. The Hall–Kier alpha value is -2.21. The highest BCUT2D eigenvalue weighted by Crippen LogP contribution is 2.20. The van der Waals surface area contributed by atoms with Crippen LogP contribution in [0.1, 0.15) is 25.8 Å². The number of hydrogen-bond acceptors (Lipinski definition) is 4. The van der Waals surface area contributed by atoms with Gasteiger partial charge in [0, 0.05) is 49.9 Å². The van der Waals surface area contributed by atoms with Gasteiger partial charge < -0.3 is 10.4 Å². The third kappa shape index (κ3) is 4.89. The number of carboxylic acids is 1. The van der Waals surface area contributed by atoms with Gasteiger partial charge in [0.2, 0.25) is 0 Å². The van der Waals surface area contributed by atoms with Crippen molar-refractivity contribution in [2.45, 2.75) is 26.8 Å². The zero-order chi connectivity index (χ0) is 16.8. The molecule has 0 amide bonds. The number of carboxylic acid groups (broad SMARTS) is 1. The minimum Gasteiger partial charge on any atom is -0.481 e. The van der Waals surface area contributed by atoms with Gasteiger partial charge >= 0.3 is 5.97 Å². The average Bonchev–Trinajstić information content (AvgIpc) is 2.87. The lowest BCUT2D eigenvalue weighted by Gasteiger charge is -2.15. The highest BCUT2D eigenvalue weighted by molar-refractivity contribution is 5.70. The molecule has 2 heterocycles. The van der Waals surface area contributed by atoms with Crippen molar-refractivity contribution in [3.63, 3.8) is 0 Å². The maximum Gasteiger partial charge on any atom is 0.307 e. The molecule has 0 aliphatic rings. The standard InChI is InChI=1S/C17H24N4O2/c1-12(2)7-14(17(22)23)9-19-10-15-11-21(3)20-16(15)13-5-4-6-18-8-13/h4-6,8,11-12,14,19H,7,9-10H2,1-3H3,(H,22,23). The van der Waals surface area contributed by atoms with Crippen molar-refractivity contribution in [2.75, 3.05) is 6.54 Å². The lowest BCUT2D eigenvalue weighted by molar-refractivity contribution is -0.142. The fraction of sp³-hybridized carbons (Fsp3) is 0.471. The summed E-state index contributed by atoms with van der Waals surface area (Å²) in [7, 11) is 1.88. The summed E-state index contributed by atoms with van der Waals surface area (Å²) in [5.41, 5.74) is 2.87. The van der Waals surface area contributed by atoms with Crippen molar-refractivity contribution in [1.82, 2.24) is 20.1 Å². The molecular weight excluding hydrogens is 292 g/mol. The van der Waals surface area contributed by atoms with Gasteiger partial charge in [-0.1, -0.05) is 13.8 Å². The van der Waals surface area contributed by atoms with E-state index in [-0.39, 0.29) is 5.92 Å².